The number of nitrogens with zero attached hydrogens (tertiary/aromatic N) is 1. The van der Waals surface area contributed by atoms with E-state index in [0.717, 1.165) is 22.0 Å². The van der Waals surface area contributed by atoms with Gasteiger partial charge in [-0.2, -0.15) is 0 Å². The third kappa shape index (κ3) is 2.53. The Balaban J connectivity index is 1.96. The average molecular weight is 281 g/mol. The van der Waals surface area contributed by atoms with Gasteiger partial charge in [-0.15, -0.1) is 0 Å². The topological polar surface area (TPSA) is 62.5 Å². The lowest BCUT2D eigenvalue weighted by atomic mass is 10.1. The molecule has 3 aromatic rings. The number of aromatic carboxylic acids is 1. The lowest BCUT2D eigenvalue weighted by Crippen LogP contribution is -2.00. The van der Waals surface area contributed by atoms with E-state index in [9.17, 15) is 9.90 Å². The van der Waals surface area contributed by atoms with Crippen LogP contribution in [0.15, 0.2) is 54.7 Å². The van der Waals surface area contributed by atoms with Crippen LogP contribution < -0.4 is 0 Å². The first-order valence-electron chi connectivity index (χ1n) is 6.69. The summed E-state index contributed by atoms with van der Waals surface area (Å²) in [7, 11) is 0. The minimum atomic E-state index is -0.921. The van der Waals surface area contributed by atoms with Crippen LogP contribution in [0.1, 0.15) is 21.5 Å². The highest BCUT2D eigenvalue weighted by molar-refractivity contribution is 5.87. The van der Waals surface area contributed by atoms with E-state index < -0.39 is 5.97 Å². The van der Waals surface area contributed by atoms with E-state index in [4.69, 9.17) is 5.11 Å². The van der Waals surface area contributed by atoms with Gasteiger partial charge in [-0.05, 0) is 23.8 Å². The summed E-state index contributed by atoms with van der Waals surface area (Å²) in [6.45, 7) is 0.645. The molecule has 0 spiro atoms. The van der Waals surface area contributed by atoms with Crippen LogP contribution in [0, 0.1) is 0 Å². The highest BCUT2D eigenvalue weighted by Gasteiger charge is 2.08. The Morgan fingerprint density at radius 2 is 1.76 bits per heavy atom. The Hall–Kier alpha value is -2.59. The summed E-state index contributed by atoms with van der Waals surface area (Å²) in [5.41, 5.74) is 3.26. The molecule has 0 bridgehead atoms. The predicted molar refractivity (Wildman–Crippen MR) is 80.4 cm³/mol. The fourth-order valence-corrected chi connectivity index (χ4v) is 2.53. The number of carboxylic acids is 1. The van der Waals surface area contributed by atoms with Crippen molar-refractivity contribution in [1.29, 1.82) is 0 Å². The van der Waals surface area contributed by atoms with Crippen LogP contribution in [0.2, 0.25) is 0 Å². The predicted octanol–water partition coefficient (Wildman–Crippen LogP) is 2.88. The molecule has 4 heteroatoms. The number of aromatic nitrogens is 1. The first kappa shape index (κ1) is 13.4. The van der Waals surface area contributed by atoms with Crippen molar-refractivity contribution < 1.29 is 15.0 Å². The van der Waals surface area contributed by atoms with Gasteiger partial charge >= 0.3 is 5.97 Å². The summed E-state index contributed by atoms with van der Waals surface area (Å²) in [5, 5.41) is 19.4. The molecular formula is C17H15NO3. The van der Waals surface area contributed by atoms with Crippen molar-refractivity contribution in [3.05, 3.63) is 71.4 Å². The number of hydrogen-bond acceptors (Lipinski definition) is 2. The molecule has 0 unspecified atom stereocenters. The van der Waals surface area contributed by atoms with E-state index in [1.807, 2.05) is 42.6 Å². The Labute approximate surface area is 121 Å². The second-order valence-corrected chi connectivity index (χ2v) is 4.96. The molecule has 3 rings (SSSR count). The highest BCUT2D eigenvalue weighted by Crippen LogP contribution is 2.22. The van der Waals surface area contributed by atoms with Crippen molar-refractivity contribution in [3.63, 3.8) is 0 Å². The molecule has 4 nitrogen and oxygen atoms in total. The van der Waals surface area contributed by atoms with Crippen LogP contribution in [0.3, 0.4) is 0 Å². The molecule has 0 saturated carbocycles. The van der Waals surface area contributed by atoms with Crippen LogP contribution in [-0.2, 0) is 13.2 Å². The third-order valence-electron chi connectivity index (χ3n) is 3.60. The zero-order valence-corrected chi connectivity index (χ0v) is 11.4. The molecule has 21 heavy (non-hydrogen) atoms. The monoisotopic (exact) mass is 281 g/mol. The van der Waals surface area contributed by atoms with Crippen molar-refractivity contribution in [2.45, 2.75) is 13.2 Å². The van der Waals surface area contributed by atoms with Gasteiger partial charge in [0.2, 0.25) is 0 Å². The van der Waals surface area contributed by atoms with Crippen LogP contribution in [0.5, 0.6) is 0 Å². The van der Waals surface area contributed by atoms with Gasteiger partial charge in [-0.1, -0.05) is 30.3 Å². The van der Waals surface area contributed by atoms with Gasteiger partial charge in [0.05, 0.1) is 12.2 Å². The standard InChI is InChI=1S/C17H15NO3/c19-11-14-10-18(16-4-2-1-3-15(14)16)9-12-5-7-13(8-6-12)17(20)21/h1-8,10,19H,9,11H2,(H,20,21). The van der Waals surface area contributed by atoms with Crippen molar-refractivity contribution in [2.24, 2.45) is 0 Å². The third-order valence-corrected chi connectivity index (χ3v) is 3.60. The summed E-state index contributed by atoms with van der Waals surface area (Å²) < 4.78 is 2.07. The quantitative estimate of drug-likeness (QED) is 0.773. The van der Waals surface area contributed by atoms with Crippen LogP contribution in [-0.4, -0.2) is 20.7 Å². The molecular weight excluding hydrogens is 266 g/mol. The Kier molecular flexibility index (Phi) is 3.46. The van der Waals surface area contributed by atoms with Crippen molar-refractivity contribution in [1.82, 2.24) is 4.57 Å². The van der Waals surface area contributed by atoms with E-state index in [1.165, 1.54) is 0 Å². The van der Waals surface area contributed by atoms with E-state index in [1.54, 1.807) is 12.1 Å². The smallest absolute Gasteiger partial charge is 0.335 e. The van der Waals surface area contributed by atoms with Gasteiger partial charge in [0, 0.05) is 29.2 Å². The molecule has 0 aliphatic heterocycles. The number of carbonyl (C=O) groups is 1. The maximum Gasteiger partial charge on any atom is 0.335 e. The van der Waals surface area contributed by atoms with E-state index in [-0.39, 0.29) is 12.2 Å². The second kappa shape index (κ2) is 5.42. The second-order valence-electron chi connectivity index (χ2n) is 4.96. The SMILES string of the molecule is O=C(O)c1ccc(Cn2cc(CO)c3ccccc32)cc1. The van der Waals surface area contributed by atoms with E-state index in [0.29, 0.717) is 6.54 Å². The number of benzene rings is 2. The number of aliphatic hydroxyl groups is 1. The number of para-hydroxylation sites is 1. The summed E-state index contributed by atoms with van der Waals surface area (Å²) in [5.74, 6) is -0.921. The number of hydrogen-bond donors (Lipinski definition) is 2. The number of aliphatic hydroxyl groups excluding tert-OH is 1. The zero-order chi connectivity index (χ0) is 14.8. The molecule has 0 amide bonds. The maximum absolute atomic E-state index is 10.9. The molecule has 0 aliphatic rings. The molecule has 0 atom stereocenters. The largest absolute Gasteiger partial charge is 0.478 e. The summed E-state index contributed by atoms with van der Waals surface area (Å²) in [4.78, 5) is 10.9. The normalized spacial score (nSPS) is 10.9. The molecule has 0 saturated heterocycles. The molecule has 1 aromatic heterocycles. The molecule has 106 valence electrons. The summed E-state index contributed by atoms with van der Waals surface area (Å²) >= 11 is 0. The van der Waals surface area contributed by atoms with Crippen molar-refractivity contribution >= 4 is 16.9 Å². The minimum absolute atomic E-state index is 0.00542. The Morgan fingerprint density at radius 1 is 1.05 bits per heavy atom. The van der Waals surface area contributed by atoms with Crippen LogP contribution in [0.25, 0.3) is 10.9 Å². The average Bonchev–Trinajstić information content (AvgIpc) is 2.86. The van der Waals surface area contributed by atoms with Gasteiger partial charge in [-0.25, -0.2) is 4.79 Å². The van der Waals surface area contributed by atoms with Crippen molar-refractivity contribution in [2.75, 3.05) is 0 Å². The van der Waals surface area contributed by atoms with Gasteiger partial charge in [0.25, 0.3) is 0 Å². The minimum Gasteiger partial charge on any atom is -0.478 e. The Bertz CT molecular complexity index is 787. The molecule has 0 aliphatic carbocycles. The molecule has 0 radical (unpaired) electrons. The number of rotatable bonds is 4. The first-order valence-corrected chi connectivity index (χ1v) is 6.69. The van der Waals surface area contributed by atoms with Crippen LogP contribution >= 0.6 is 0 Å². The summed E-state index contributed by atoms with van der Waals surface area (Å²) in [6, 6.07) is 14.8. The molecule has 2 aromatic carbocycles. The molecule has 2 N–H and O–H groups in total. The highest BCUT2D eigenvalue weighted by atomic mass is 16.4. The fourth-order valence-electron chi connectivity index (χ4n) is 2.53. The summed E-state index contributed by atoms with van der Waals surface area (Å²) in [6.07, 6.45) is 1.94. The van der Waals surface area contributed by atoms with E-state index >= 15 is 0 Å². The Morgan fingerprint density at radius 3 is 2.43 bits per heavy atom. The fraction of sp³-hybridized carbons (Fsp3) is 0.118. The van der Waals surface area contributed by atoms with Crippen LogP contribution in [0.4, 0.5) is 0 Å². The van der Waals surface area contributed by atoms with Gasteiger partial charge in [-0.3, -0.25) is 0 Å². The van der Waals surface area contributed by atoms with Gasteiger partial charge < -0.3 is 14.8 Å². The lowest BCUT2D eigenvalue weighted by molar-refractivity contribution is 0.0697. The van der Waals surface area contributed by atoms with Crippen molar-refractivity contribution in [3.8, 4) is 0 Å². The number of fused-ring (bicyclic) bond motifs is 1. The lowest BCUT2D eigenvalue weighted by Gasteiger charge is -2.06. The van der Waals surface area contributed by atoms with Gasteiger partial charge in [0.15, 0.2) is 0 Å². The van der Waals surface area contributed by atoms with E-state index in [2.05, 4.69) is 4.57 Å². The number of carboxylic acid groups (broad SMARTS) is 1. The first-order chi connectivity index (χ1) is 10.2. The molecule has 1 heterocycles. The van der Waals surface area contributed by atoms with Gasteiger partial charge in [0.1, 0.15) is 0 Å². The maximum atomic E-state index is 10.9. The zero-order valence-electron chi connectivity index (χ0n) is 11.4. The molecule has 0 fully saturated rings.